The fourth-order valence-corrected chi connectivity index (χ4v) is 5.05. The number of piperazine rings is 1. The molecule has 0 spiro atoms. The molecule has 0 saturated carbocycles. The molecule has 1 amide bonds. The summed E-state index contributed by atoms with van der Waals surface area (Å²) >= 11 is 4.91. The summed E-state index contributed by atoms with van der Waals surface area (Å²) in [6, 6.07) is 3.96. The molecule has 0 bridgehead atoms. The van der Waals surface area contributed by atoms with Crippen LogP contribution in [0.3, 0.4) is 0 Å². The van der Waals surface area contributed by atoms with Crippen LogP contribution in [-0.4, -0.2) is 60.0 Å². The Morgan fingerprint density at radius 1 is 1.00 bits per heavy atom. The van der Waals surface area contributed by atoms with Crippen LogP contribution in [0.2, 0.25) is 0 Å². The molecule has 0 atom stereocenters. The number of piperidine rings is 1. The van der Waals surface area contributed by atoms with Crippen molar-refractivity contribution in [1.82, 2.24) is 14.9 Å². The van der Waals surface area contributed by atoms with Crippen molar-refractivity contribution in [3.8, 4) is 0 Å². The van der Waals surface area contributed by atoms with E-state index >= 15 is 0 Å². The second-order valence-corrected chi connectivity index (χ2v) is 8.95. The number of anilines is 2. The van der Waals surface area contributed by atoms with Crippen LogP contribution in [0.4, 0.5) is 11.8 Å². The number of carbonyl (C=O) groups is 1. The fraction of sp³-hybridized carbons (Fsp3) is 0.526. The van der Waals surface area contributed by atoms with Crippen LogP contribution in [-0.2, 0) is 0 Å². The maximum absolute atomic E-state index is 12.6. The highest BCUT2D eigenvalue weighted by molar-refractivity contribution is 9.10. The van der Waals surface area contributed by atoms with Gasteiger partial charge in [-0.05, 0) is 48.2 Å². The number of amides is 1. The minimum atomic E-state index is 0.123. The molecule has 0 aromatic carbocycles. The number of aryl methyl sites for hydroxylation is 1. The van der Waals surface area contributed by atoms with E-state index in [1.165, 1.54) is 30.6 Å². The molecule has 2 aromatic rings. The van der Waals surface area contributed by atoms with Crippen molar-refractivity contribution in [3.63, 3.8) is 0 Å². The molecule has 2 aromatic heterocycles. The first-order valence-electron chi connectivity index (χ1n) is 9.49. The highest BCUT2D eigenvalue weighted by Crippen LogP contribution is 2.24. The standard InChI is InChI=1S/C19H24BrN5OS/c1-14-11-17(22-19(21-14)25-5-3-2-4-6-25)23-7-9-24(10-8-23)18(26)16-12-15(20)13-27-16/h11-13H,2-10H2,1H3. The zero-order valence-corrected chi connectivity index (χ0v) is 17.9. The first-order chi connectivity index (χ1) is 13.1. The molecule has 6 nitrogen and oxygen atoms in total. The van der Waals surface area contributed by atoms with E-state index in [0.29, 0.717) is 0 Å². The first kappa shape index (κ1) is 18.7. The van der Waals surface area contributed by atoms with E-state index in [0.717, 1.165) is 66.1 Å². The van der Waals surface area contributed by atoms with Crippen molar-refractivity contribution in [1.29, 1.82) is 0 Å². The van der Waals surface area contributed by atoms with Gasteiger partial charge in [-0.25, -0.2) is 4.98 Å². The van der Waals surface area contributed by atoms with E-state index in [1.54, 1.807) is 0 Å². The lowest BCUT2D eigenvalue weighted by atomic mass is 10.1. The number of carbonyl (C=O) groups excluding carboxylic acids is 1. The minimum Gasteiger partial charge on any atom is -0.353 e. The average molecular weight is 450 g/mol. The second kappa shape index (κ2) is 8.14. The largest absolute Gasteiger partial charge is 0.353 e. The molecule has 2 aliphatic heterocycles. The molecule has 4 rings (SSSR count). The topological polar surface area (TPSA) is 52.6 Å². The van der Waals surface area contributed by atoms with E-state index in [2.05, 4.69) is 36.8 Å². The lowest BCUT2D eigenvalue weighted by Crippen LogP contribution is -2.49. The summed E-state index contributed by atoms with van der Waals surface area (Å²) in [5.74, 6) is 1.96. The minimum absolute atomic E-state index is 0.123. The average Bonchev–Trinajstić information content (AvgIpc) is 3.14. The van der Waals surface area contributed by atoms with Gasteiger partial charge in [0, 0.05) is 60.9 Å². The second-order valence-electron chi connectivity index (χ2n) is 7.12. The Morgan fingerprint density at radius 2 is 1.74 bits per heavy atom. The van der Waals surface area contributed by atoms with Crippen molar-refractivity contribution in [2.24, 2.45) is 0 Å². The lowest BCUT2D eigenvalue weighted by molar-refractivity contribution is 0.0751. The van der Waals surface area contributed by atoms with Crippen LogP contribution < -0.4 is 9.80 Å². The predicted octanol–water partition coefficient (Wildman–Crippen LogP) is 3.56. The maximum atomic E-state index is 12.6. The summed E-state index contributed by atoms with van der Waals surface area (Å²) in [7, 11) is 0. The van der Waals surface area contributed by atoms with Crippen molar-refractivity contribution < 1.29 is 4.79 Å². The molecular formula is C19H24BrN5OS. The molecule has 0 unspecified atom stereocenters. The SMILES string of the molecule is Cc1cc(N2CCN(C(=O)c3cc(Br)cs3)CC2)nc(N2CCCCC2)n1. The fourth-order valence-electron chi connectivity index (χ4n) is 3.65. The van der Waals surface area contributed by atoms with Gasteiger partial charge < -0.3 is 14.7 Å². The third-order valence-electron chi connectivity index (χ3n) is 5.14. The maximum Gasteiger partial charge on any atom is 0.264 e. The highest BCUT2D eigenvalue weighted by atomic mass is 79.9. The molecule has 2 saturated heterocycles. The summed E-state index contributed by atoms with van der Waals surface area (Å²) < 4.78 is 0.969. The van der Waals surface area contributed by atoms with Crippen LogP contribution in [0.15, 0.2) is 22.0 Å². The van der Waals surface area contributed by atoms with Gasteiger partial charge in [0.15, 0.2) is 0 Å². The molecule has 8 heteroatoms. The van der Waals surface area contributed by atoms with Gasteiger partial charge in [-0.2, -0.15) is 4.98 Å². The monoisotopic (exact) mass is 449 g/mol. The van der Waals surface area contributed by atoms with Gasteiger partial charge in [0.2, 0.25) is 5.95 Å². The van der Waals surface area contributed by atoms with E-state index in [4.69, 9.17) is 4.98 Å². The number of hydrogen-bond donors (Lipinski definition) is 0. The third kappa shape index (κ3) is 4.27. The first-order valence-corrected chi connectivity index (χ1v) is 11.2. The van der Waals surface area contributed by atoms with E-state index in [-0.39, 0.29) is 5.91 Å². The number of rotatable bonds is 3. The summed E-state index contributed by atoms with van der Waals surface area (Å²) in [6.45, 7) is 7.16. The van der Waals surface area contributed by atoms with E-state index in [1.807, 2.05) is 23.3 Å². The summed E-state index contributed by atoms with van der Waals surface area (Å²) in [5.41, 5.74) is 1.00. The van der Waals surface area contributed by atoms with Gasteiger partial charge in [0.05, 0.1) is 4.88 Å². The third-order valence-corrected chi connectivity index (χ3v) is 6.82. The molecule has 2 fully saturated rings. The number of nitrogens with zero attached hydrogens (tertiary/aromatic N) is 5. The van der Waals surface area contributed by atoms with E-state index in [9.17, 15) is 4.79 Å². The van der Waals surface area contributed by atoms with Crippen LogP contribution in [0.1, 0.15) is 34.6 Å². The Balaban J connectivity index is 1.43. The van der Waals surface area contributed by atoms with Gasteiger partial charge in [0.25, 0.3) is 5.91 Å². The zero-order valence-electron chi connectivity index (χ0n) is 15.5. The summed E-state index contributed by atoms with van der Waals surface area (Å²) in [4.78, 5) is 29.4. The number of thiophene rings is 1. The molecular weight excluding hydrogens is 426 g/mol. The highest BCUT2D eigenvalue weighted by Gasteiger charge is 2.25. The predicted molar refractivity (Wildman–Crippen MR) is 113 cm³/mol. The number of halogens is 1. The van der Waals surface area contributed by atoms with Crippen molar-refractivity contribution in [3.05, 3.63) is 32.6 Å². The molecule has 0 radical (unpaired) electrons. The van der Waals surface area contributed by atoms with Gasteiger partial charge >= 0.3 is 0 Å². The number of aromatic nitrogens is 2. The van der Waals surface area contributed by atoms with Crippen LogP contribution in [0, 0.1) is 6.92 Å². The molecule has 4 heterocycles. The van der Waals surface area contributed by atoms with Gasteiger partial charge in [-0.1, -0.05) is 0 Å². The Labute approximate surface area is 172 Å². The Morgan fingerprint density at radius 3 is 2.41 bits per heavy atom. The molecule has 0 aliphatic carbocycles. The van der Waals surface area contributed by atoms with Crippen LogP contribution >= 0.6 is 27.3 Å². The normalized spacial score (nSPS) is 18.1. The Hall–Kier alpha value is -1.67. The van der Waals surface area contributed by atoms with Gasteiger partial charge in [0.1, 0.15) is 5.82 Å². The smallest absolute Gasteiger partial charge is 0.264 e. The molecule has 144 valence electrons. The van der Waals surface area contributed by atoms with Gasteiger partial charge in [-0.15, -0.1) is 11.3 Å². The van der Waals surface area contributed by atoms with Crippen molar-refractivity contribution >= 4 is 44.9 Å². The Bertz CT molecular complexity index is 812. The van der Waals surface area contributed by atoms with Crippen LogP contribution in [0.5, 0.6) is 0 Å². The van der Waals surface area contributed by atoms with Gasteiger partial charge in [-0.3, -0.25) is 4.79 Å². The Kier molecular flexibility index (Phi) is 5.63. The van der Waals surface area contributed by atoms with E-state index < -0.39 is 0 Å². The molecule has 2 aliphatic rings. The van der Waals surface area contributed by atoms with Crippen molar-refractivity contribution in [2.75, 3.05) is 49.1 Å². The van der Waals surface area contributed by atoms with Crippen LogP contribution in [0.25, 0.3) is 0 Å². The van der Waals surface area contributed by atoms with Crippen molar-refractivity contribution in [2.45, 2.75) is 26.2 Å². The summed E-state index contributed by atoms with van der Waals surface area (Å²) in [6.07, 6.45) is 3.73. The lowest BCUT2D eigenvalue weighted by Gasteiger charge is -2.36. The zero-order chi connectivity index (χ0) is 18.8. The molecule has 0 N–H and O–H groups in total. The molecule has 27 heavy (non-hydrogen) atoms. The number of hydrogen-bond acceptors (Lipinski definition) is 6. The summed E-state index contributed by atoms with van der Waals surface area (Å²) in [5, 5.41) is 1.95. The quantitative estimate of drug-likeness (QED) is 0.716.